The quantitative estimate of drug-likeness (QED) is 0.710. The minimum atomic E-state index is -0.678. The number of nitrogens with one attached hydrogen (secondary N) is 3. The van der Waals surface area contributed by atoms with Crippen molar-refractivity contribution in [3.05, 3.63) is 46.0 Å². The van der Waals surface area contributed by atoms with E-state index >= 15 is 0 Å². The van der Waals surface area contributed by atoms with Gasteiger partial charge in [0, 0.05) is 24.5 Å². The Balaban J connectivity index is 2.19. The molecule has 0 aliphatic carbocycles. The van der Waals surface area contributed by atoms with Gasteiger partial charge >= 0.3 is 0 Å². The largest absolute Gasteiger partial charge is 0.357 e. The van der Waals surface area contributed by atoms with Crippen LogP contribution in [0.15, 0.2) is 29.2 Å². The Morgan fingerprint density at radius 3 is 2.67 bits per heavy atom. The Morgan fingerprint density at radius 1 is 1.33 bits per heavy atom. The number of aromatic amines is 1. The van der Waals surface area contributed by atoms with E-state index in [9.17, 15) is 14.4 Å². The van der Waals surface area contributed by atoms with Crippen molar-refractivity contribution in [1.82, 2.24) is 25.6 Å². The fraction of sp³-hybridized carbons (Fsp3) is 0.312. The highest BCUT2D eigenvalue weighted by Gasteiger charge is 2.17. The number of nitrogens with zero attached hydrogens (tertiary/aromatic N) is 2. The van der Waals surface area contributed by atoms with Crippen molar-refractivity contribution < 1.29 is 9.59 Å². The van der Waals surface area contributed by atoms with Crippen molar-refractivity contribution in [2.24, 2.45) is 0 Å². The van der Waals surface area contributed by atoms with Crippen LogP contribution in [0, 0.1) is 6.92 Å². The maximum Gasteiger partial charge on any atom is 0.255 e. The first-order valence-corrected chi connectivity index (χ1v) is 7.44. The molecular weight excluding hydrogens is 310 g/mol. The summed E-state index contributed by atoms with van der Waals surface area (Å²) in [6, 6.07) is 4.61. The molecule has 0 spiro atoms. The van der Waals surface area contributed by atoms with Gasteiger partial charge in [0.15, 0.2) is 5.82 Å². The molecule has 0 saturated carbocycles. The lowest BCUT2D eigenvalue weighted by Gasteiger charge is -2.12. The number of carbonyl (C=O) groups excluding carboxylic acids is 2. The first-order valence-electron chi connectivity index (χ1n) is 7.44. The summed E-state index contributed by atoms with van der Waals surface area (Å²) in [4.78, 5) is 46.8. The fourth-order valence-corrected chi connectivity index (χ4v) is 2.18. The van der Waals surface area contributed by atoms with Crippen molar-refractivity contribution in [2.45, 2.75) is 26.3 Å². The molecule has 0 bridgehead atoms. The van der Waals surface area contributed by atoms with Crippen LogP contribution >= 0.6 is 0 Å². The zero-order valence-corrected chi connectivity index (χ0v) is 13.7. The minimum absolute atomic E-state index is 0.155. The molecule has 8 heteroatoms. The Kier molecular flexibility index (Phi) is 5.41. The van der Waals surface area contributed by atoms with Crippen molar-refractivity contribution >= 4 is 11.8 Å². The summed E-state index contributed by atoms with van der Waals surface area (Å²) in [6.07, 6.45) is 1.45. The number of aryl methyl sites for hydroxylation is 1. The van der Waals surface area contributed by atoms with E-state index in [1.807, 2.05) is 0 Å². The summed E-state index contributed by atoms with van der Waals surface area (Å²) in [6.45, 7) is 3.22. The number of likely N-dealkylation sites (N-methyl/N-ethyl adjacent to an activating group) is 1. The normalized spacial score (nSPS) is 11.6. The summed E-state index contributed by atoms with van der Waals surface area (Å²) in [5, 5.41) is 4.98. The van der Waals surface area contributed by atoms with E-state index in [0.29, 0.717) is 17.2 Å². The first-order chi connectivity index (χ1) is 11.4. The molecule has 126 valence electrons. The van der Waals surface area contributed by atoms with Crippen molar-refractivity contribution in [1.29, 1.82) is 0 Å². The van der Waals surface area contributed by atoms with Crippen LogP contribution in [0.5, 0.6) is 0 Å². The molecule has 2 heterocycles. The third-order valence-corrected chi connectivity index (χ3v) is 3.48. The third-order valence-electron chi connectivity index (χ3n) is 3.48. The predicted molar refractivity (Wildman–Crippen MR) is 88.2 cm³/mol. The number of hydrogen-bond donors (Lipinski definition) is 3. The van der Waals surface area contributed by atoms with E-state index < -0.39 is 17.5 Å². The molecule has 0 aliphatic rings. The number of carbonyl (C=O) groups is 2. The van der Waals surface area contributed by atoms with Gasteiger partial charge in [0.25, 0.3) is 5.56 Å². The van der Waals surface area contributed by atoms with E-state index in [1.54, 1.807) is 38.2 Å². The standard InChI is InChI=1S/C16H19N5O3/c1-9-11(8-13(22)19-10(2)15(23)17-3)16(24)21-14(20-9)12-6-4-5-7-18-12/h4-7,10H,8H2,1-3H3,(H,17,23)(H,19,22)(H,20,21,24)/t10-/m1/s1. The van der Waals surface area contributed by atoms with Gasteiger partial charge in [-0.3, -0.25) is 19.4 Å². The molecule has 3 N–H and O–H groups in total. The van der Waals surface area contributed by atoms with E-state index in [-0.39, 0.29) is 17.9 Å². The lowest BCUT2D eigenvalue weighted by Crippen LogP contribution is -2.44. The highest BCUT2D eigenvalue weighted by atomic mass is 16.2. The van der Waals surface area contributed by atoms with Crippen molar-refractivity contribution in [3.8, 4) is 11.5 Å². The summed E-state index contributed by atoms with van der Waals surface area (Å²) < 4.78 is 0. The number of rotatable bonds is 5. The molecule has 2 rings (SSSR count). The molecule has 0 unspecified atom stereocenters. The average molecular weight is 329 g/mol. The first kappa shape index (κ1) is 17.3. The van der Waals surface area contributed by atoms with Gasteiger partial charge in [-0.05, 0) is 26.0 Å². The maximum atomic E-state index is 12.3. The van der Waals surface area contributed by atoms with E-state index in [4.69, 9.17) is 0 Å². The Bertz CT molecular complexity index is 801. The van der Waals surface area contributed by atoms with Gasteiger partial charge in [0.1, 0.15) is 11.7 Å². The average Bonchev–Trinajstić information content (AvgIpc) is 2.57. The fourth-order valence-electron chi connectivity index (χ4n) is 2.18. The summed E-state index contributed by atoms with van der Waals surface area (Å²) >= 11 is 0. The van der Waals surface area contributed by atoms with Crippen LogP contribution in [-0.2, 0) is 16.0 Å². The van der Waals surface area contributed by atoms with Crippen molar-refractivity contribution in [3.63, 3.8) is 0 Å². The molecule has 0 fully saturated rings. The SMILES string of the molecule is CNC(=O)[C@@H](C)NC(=O)Cc1c(C)nc(-c2ccccn2)[nH]c1=O. The molecule has 2 aromatic heterocycles. The number of H-pyrrole nitrogens is 1. The van der Waals surface area contributed by atoms with E-state index in [1.165, 1.54) is 7.05 Å². The lowest BCUT2D eigenvalue weighted by molar-refractivity contribution is -0.128. The number of amides is 2. The highest BCUT2D eigenvalue weighted by Crippen LogP contribution is 2.11. The Hall–Kier alpha value is -3.03. The zero-order chi connectivity index (χ0) is 17.7. The predicted octanol–water partition coefficient (Wildman–Crippen LogP) is -0.0665. The van der Waals surface area contributed by atoms with Gasteiger partial charge < -0.3 is 15.6 Å². The zero-order valence-electron chi connectivity index (χ0n) is 13.7. The van der Waals surface area contributed by atoms with Crippen LogP contribution in [0.3, 0.4) is 0 Å². The minimum Gasteiger partial charge on any atom is -0.357 e. The van der Waals surface area contributed by atoms with Crippen LogP contribution in [0.4, 0.5) is 0 Å². The maximum absolute atomic E-state index is 12.3. The molecule has 0 aromatic carbocycles. The van der Waals surface area contributed by atoms with Gasteiger partial charge in [-0.15, -0.1) is 0 Å². The number of aromatic nitrogens is 3. The van der Waals surface area contributed by atoms with Gasteiger partial charge in [-0.1, -0.05) is 6.07 Å². The molecule has 1 atom stereocenters. The summed E-state index contributed by atoms with van der Waals surface area (Å²) in [5.74, 6) is -0.384. The van der Waals surface area contributed by atoms with Gasteiger partial charge in [0.05, 0.1) is 6.42 Å². The third kappa shape index (κ3) is 4.03. The topological polar surface area (TPSA) is 117 Å². The summed E-state index contributed by atoms with van der Waals surface area (Å²) in [7, 11) is 1.49. The Morgan fingerprint density at radius 2 is 2.08 bits per heavy atom. The number of pyridine rings is 1. The molecule has 2 aromatic rings. The smallest absolute Gasteiger partial charge is 0.255 e. The summed E-state index contributed by atoms with van der Waals surface area (Å²) in [5.41, 5.74) is 0.853. The second kappa shape index (κ2) is 7.49. The van der Waals surface area contributed by atoms with Crippen molar-refractivity contribution in [2.75, 3.05) is 7.05 Å². The van der Waals surface area contributed by atoms with Gasteiger partial charge in [-0.25, -0.2) is 4.98 Å². The monoisotopic (exact) mass is 329 g/mol. The molecular formula is C16H19N5O3. The van der Waals surface area contributed by atoms with Crippen LogP contribution in [0.1, 0.15) is 18.2 Å². The second-order valence-electron chi connectivity index (χ2n) is 5.27. The molecule has 2 amide bonds. The molecule has 8 nitrogen and oxygen atoms in total. The number of hydrogen-bond acceptors (Lipinski definition) is 5. The van der Waals surface area contributed by atoms with E-state index in [0.717, 1.165) is 0 Å². The second-order valence-corrected chi connectivity index (χ2v) is 5.27. The highest BCUT2D eigenvalue weighted by molar-refractivity contribution is 5.87. The van der Waals surface area contributed by atoms with Crippen LogP contribution in [0.2, 0.25) is 0 Å². The van der Waals surface area contributed by atoms with E-state index in [2.05, 4.69) is 25.6 Å². The molecule has 0 radical (unpaired) electrons. The molecule has 0 saturated heterocycles. The van der Waals surface area contributed by atoms with Crippen LogP contribution in [0.25, 0.3) is 11.5 Å². The molecule has 24 heavy (non-hydrogen) atoms. The van der Waals surface area contributed by atoms with Crippen LogP contribution in [-0.4, -0.2) is 39.9 Å². The lowest BCUT2D eigenvalue weighted by atomic mass is 10.1. The molecule has 0 aliphatic heterocycles. The Labute approximate surface area is 138 Å². The van der Waals surface area contributed by atoms with Gasteiger partial charge in [-0.2, -0.15) is 0 Å². The van der Waals surface area contributed by atoms with Crippen LogP contribution < -0.4 is 16.2 Å². The van der Waals surface area contributed by atoms with Gasteiger partial charge in [0.2, 0.25) is 11.8 Å².